The Balaban J connectivity index is 2.14. The largest absolute Gasteiger partial charge is 0.508 e. The standard InChI is InChI=1S/C12H16FNO3S/c1-9(11-3-2-10(13)8-12(11)15)14-4-6-18(16,17)7-5-14/h2-3,8-9,15H,4-7H2,1H3. The lowest BCUT2D eigenvalue weighted by molar-refractivity contribution is 0.224. The number of phenolic OH excluding ortho intramolecular Hbond substituents is 1. The molecule has 0 radical (unpaired) electrons. The summed E-state index contributed by atoms with van der Waals surface area (Å²) in [6.07, 6.45) is 0. The molecule has 0 saturated carbocycles. The first-order chi connectivity index (χ1) is 8.39. The van der Waals surface area contributed by atoms with Crippen LogP contribution in [0.2, 0.25) is 0 Å². The number of hydrogen-bond acceptors (Lipinski definition) is 4. The molecule has 1 aromatic rings. The highest BCUT2D eigenvalue weighted by molar-refractivity contribution is 7.91. The third-order valence-electron chi connectivity index (χ3n) is 3.37. The number of benzene rings is 1. The number of rotatable bonds is 2. The minimum absolute atomic E-state index is 0.0871. The second-order valence-corrected chi connectivity index (χ2v) is 6.87. The van der Waals surface area contributed by atoms with E-state index in [0.717, 1.165) is 6.07 Å². The summed E-state index contributed by atoms with van der Waals surface area (Å²) in [6, 6.07) is 3.79. The number of nitrogens with zero attached hydrogens (tertiary/aromatic N) is 1. The molecule has 2 rings (SSSR count). The van der Waals surface area contributed by atoms with Gasteiger partial charge in [0.15, 0.2) is 9.84 Å². The van der Waals surface area contributed by atoms with Gasteiger partial charge in [0.1, 0.15) is 11.6 Å². The van der Waals surface area contributed by atoms with Crippen molar-refractivity contribution in [3.05, 3.63) is 29.6 Å². The SMILES string of the molecule is CC(c1ccc(F)cc1O)N1CCS(=O)(=O)CC1. The molecule has 1 heterocycles. The van der Waals surface area contributed by atoms with E-state index in [9.17, 15) is 17.9 Å². The molecule has 1 N–H and O–H groups in total. The minimum atomic E-state index is -2.91. The number of halogens is 1. The first kappa shape index (κ1) is 13.3. The molecule has 18 heavy (non-hydrogen) atoms. The monoisotopic (exact) mass is 273 g/mol. The lowest BCUT2D eigenvalue weighted by Crippen LogP contribution is -2.41. The Labute approximate surface area is 106 Å². The van der Waals surface area contributed by atoms with Gasteiger partial charge in [-0.2, -0.15) is 0 Å². The van der Waals surface area contributed by atoms with Crippen LogP contribution < -0.4 is 0 Å². The zero-order chi connectivity index (χ0) is 13.3. The molecule has 1 unspecified atom stereocenters. The van der Waals surface area contributed by atoms with Gasteiger partial charge >= 0.3 is 0 Å². The number of sulfone groups is 1. The molecule has 1 saturated heterocycles. The Kier molecular flexibility index (Phi) is 3.59. The smallest absolute Gasteiger partial charge is 0.152 e. The van der Waals surface area contributed by atoms with Crippen LogP contribution in [0.15, 0.2) is 18.2 Å². The molecule has 0 amide bonds. The molecular weight excluding hydrogens is 257 g/mol. The molecule has 0 spiro atoms. The van der Waals surface area contributed by atoms with Crippen LogP contribution in [0.4, 0.5) is 4.39 Å². The number of phenols is 1. The molecular formula is C12H16FNO3S. The molecule has 0 bridgehead atoms. The molecule has 0 aliphatic carbocycles. The predicted octanol–water partition coefficient (Wildman–Crippen LogP) is 1.32. The van der Waals surface area contributed by atoms with Crippen molar-refractivity contribution in [2.45, 2.75) is 13.0 Å². The third kappa shape index (κ3) is 2.81. The Hall–Kier alpha value is -1.14. The maximum Gasteiger partial charge on any atom is 0.152 e. The van der Waals surface area contributed by atoms with Gasteiger partial charge in [-0.05, 0) is 13.0 Å². The van der Waals surface area contributed by atoms with E-state index in [1.807, 2.05) is 11.8 Å². The van der Waals surface area contributed by atoms with E-state index in [0.29, 0.717) is 18.7 Å². The summed E-state index contributed by atoms with van der Waals surface area (Å²) in [5, 5.41) is 9.71. The van der Waals surface area contributed by atoms with Crippen molar-refractivity contribution in [3.63, 3.8) is 0 Å². The van der Waals surface area contributed by atoms with Gasteiger partial charge in [0.25, 0.3) is 0 Å². The van der Waals surface area contributed by atoms with E-state index < -0.39 is 15.7 Å². The van der Waals surface area contributed by atoms with Gasteiger partial charge in [0.05, 0.1) is 11.5 Å². The van der Waals surface area contributed by atoms with Gasteiger partial charge in [0, 0.05) is 30.8 Å². The summed E-state index contributed by atoms with van der Waals surface area (Å²) in [4.78, 5) is 1.98. The molecule has 100 valence electrons. The first-order valence-electron chi connectivity index (χ1n) is 5.82. The van der Waals surface area contributed by atoms with Gasteiger partial charge in [0.2, 0.25) is 0 Å². The molecule has 1 atom stereocenters. The second-order valence-electron chi connectivity index (χ2n) is 4.57. The van der Waals surface area contributed by atoms with E-state index in [2.05, 4.69) is 0 Å². The van der Waals surface area contributed by atoms with E-state index in [1.54, 1.807) is 6.07 Å². The molecule has 1 aliphatic heterocycles. The molecule has 1 fully saturated rings. The highest BCUT2D eigenvalue weighted by Crippen LogP contribution is 2.29. The van der Waals surface area contributed by atoms with Crippen LogP contribution in [0.25, 0.3) is 0 Å². The van der Waals surface area contributed by atoms with Crippen LogP contribution in [0.1, 0.15) is 18.5 Å². The van der Waals surface area contributed by atoms with Crippen molar-refractivity contribution in [1.82, 2.24) is 4.90 Å². The van der Waals surface area contributed by atoms with Crippen molar-refractivity contribution >= 4 is 9.84 Å². The first-order valence-corrected chi connectivity index (χ1v) is 7.64. The lowest BCUT2D eigenvalue weighted by atomic mass is 10.1. The van der Waals surface area contributed by atoms with Crippen molar-refractivity contribution in [3.8, 4) is 5.75 Å². The Bertz CT molecular complexity index is 530. The van der Waals surface area contributed by atoms with Gasteiger partial charge in [-0.15, -0.1) is 0 Å². The highest BCUT2D eigenvalue weighted by atomic mass is 32.2. The molecule has 1 aromatic carbocycles. The van der Waals surface area contributed by atoms with E-state index >= 15 is 0 Å². The maximum atomic E-state index is 12.9. The van der Waals surface area contributed by atoms with Gasteiger partial charge in [-0.1, -0.05) is 6.07 Å². The van der Waals surface area contributed by atoms with Crippen molar-refractivity contribution < 1.29 is 17.9 Å². The summed E-state index contributed by atoms with van der Waals surface area (Å²) in [7, 11) is -2.91. The zero-order valence-corrected chi connectivity index (χ0v) is 11.0. The third-order valence-corrected chi connectivity index (χ3v) is 4.98. The number of aromatic hydroxyl groups is 1. The summed E-state index contributed by atoms with van der Waals surface area (Å²) < 4.78 is 35.6. The average molecular weight is 273 g/mol. The highest BCUT2D eigenvalue weighted by Gasteiger charge is 2.26. The number of hydrogen-bond donors (Lipinski definition) is 1. The maximum absolute atomic E-state index is 12.9. The van der Waals surface area contributed by atoms with Crippen molar-refractivity contribution in [2.24, 2.45) is 0 Å². The van der Waals surface area contributed by atoms with Crippen LogP contribution in [0, 0.1) is 5.82 Å². The molecule has 0 aromatic heterocycles. The Morgan fingerprint density at radius 1 is 1.33 bits per heavy atom. The quantitative estimate of drug-likeness (QED) is 0.883. The average Bonchev–Trinajstić information content (AvgIpc) is 2.28. The normalized spacial score (nSPS) is 21.7. The second kappa shape index (κ2) is 4.85. The topological polar surface area (TPSA) is 57.6 Å². The van der Waals surface area contributed by atoms with Crippen molar-refractivity contribution in [2.75, 3.05) is 24.6 Å². The summed E-state index contributed by atoms with van der Waals surface area (Å²) in [5.41, 5.74) is 0.621. The zero-order valence-electron chi connectivity index (χ0n) is 10.1. The molecule has 4 nitrogen and oxygen atoms in total. The molecule has 1 aliphatic rings. The summed E-state index contributed by atoms with van der Waals surface area (Å²) in [6.45, 7) is 2.77. The van der Waals surface area contributed by atoms with Crippen LogP contribution >= 0.6 is 0 Å². The van der Waals surface area contributed by atoms with Gasteiger partial charge in [-0.3, -0.25) is 4.90 Å². The van der Waals surface area contributed by atoms with E-state index in [1.165, 1.54) is 6.07 Å². The van der Waals surface area contributed by atoms with Crippen molar-refractivity contribution in [1.29, 1.82) is 0 Å². The summed E-state index contributed by atoms with van der Waals surface area (Å²) in [5.74, 6) is -0.293. The lowest BCUT2D eigenvalue weighted by Gasteiger charge is -2.32. The van der Waals surface area contributed by atoms with E-state index in [4.69, 9.17) is 0 Å². The fourth-order valence-corrected chi connectivity index (χ4v) is 3.41. The fraction of sp³-hybridized carbons (Fsp3) is 0.500. The Morgan fingerprint density at radius 3 is 2.50 bits per heavy atom. The Morgan fingerprint density at radius 2 is 1.94 bits per heavy atom. The minimum Gasteiger partial charge on any atom is -0.508 e. The predicted molar refractivity (Wildman–Crippen MR) is 66.7 cm³/mol. The van der Waals surface area contributed by atoms with Crippen LogP contribution in [0.3, 0.4) is 0 Å². The molecule has 6 heteroatoms. The van der Waals surface area contributed by atoms with Crippen LogP contribution in [-0.4, -0.2) is 43.0 Å². The summed E-state index contributed by atoms with van der Waals surface area (Å²) >= 11 is 0. The van der Waals surface area contributed by atoms with E-state index in [-0.39, 0.29) is 23.3 Å². The van der Waals surface area contributed by atoms with Gasteiger partial charge in [-0.25, -0.2) is 12.8 Å². The van der Waals surface area contributed by atoms with Crippen LogP contribution in [-0.2, 0) is 9.84 Å². The van der Waals surface area contributed by atoms with Gasteiger partial charge < -0.3 is 5.11 Å². The fourth-order valence-electron chi connectivity index (χ4n) is 2.18. The van der Waals surface area contributed by atoms with Crippen LogP contribution in [0.5, 0.6) is 5.75 Å².